The van der Waals surface area contributed by atoms with Crippen LogP contribution in [0.15, 0.2) is 42.7 Å². The Morgan fingerprint density at radius 3 is 2.78 bits per heavy atom. The summed E-state index contributed by atoms with van der Waals surface area (Å²) in [6.07, 6.45) is 1.56. The minimum Gasteiger partial charge on any atom is -0.362 e. The van der Waals surface area contributed by atoms with E-state index in [9.17, 15) is 0 Å². The highest BCUT2D eigenvalue weighted by Gasteiger charge is 2.01. The van der Waals surface area contributed by atoms with Crippen molar-refractivity contribution in [2.45, 2.75) is 13.5 Å². The molecular formula is C15H14N2O. The van der Waals surface area contributed by atoms with E-state index in [0.29, 0.717) is 13.2 Å². The number of hydrogen-bond acceptors (Lipinski definition) is 3. The van der Waals surface area contributed by atoms with Crippen molar-refractivity contribution in [3.8, 4) is 23.1 Å². The third-order valence-corrected chi connectivity index (χ3v) is 2.39. The summed E-state index contributed by atoms with van der Waals surface area (Å²) in [5, 5.41) is 0. The van der Waals surface area contributed by atoms with Crippen LogP contribution in [0.3, 0.4) is 0 Å². The fraction of sp³-hybridized carbons (Fsp3) is 0.200. The van der Waals surface area contributed by atoms with Gasteiger partial charge < -0.3 is 4.74 Å². The number of hydrogen-bond donors (Lipinski definition) is 0. The standard InChI is InChI=1S/C15H14N2O/c1-2-3-9-18-11-14-10-15(17-12-16-14)13-7-5-4-6-8-13/h4-8,10,12H,9,11H2,1H3. The zero-order valence-corrected chi connectivity index (χ0v) is 10.3. The lowest BCUT2D eigenvalue weighted by atomic mass is 10.1. The van der Waals surface area contributed by atoms with Gasteiger partial charge in [-0.25, -0.2) is 9.97 Å². The van der Waals surface area contributed by atoms with E-state index in [0.717, 1.165) is 17.0 Å². The summed E-state index contributed by atoms with van der Waals surface area (Å²) in [4.78, 5) is 8.44. The first-order valence-electron chi connectivity index (χ1n) is 5.74. The van der Waals surface area contributed by atoms with E-state index >= 15 is 0 Å². The molecule has 0 fully saturated rings. The van der Waals surface area contributed by atoms with Gasteiger partial charge in [0, 0.05) is 5.56 Å². The molecule has 0 spiro atoms. The topological polar surface area (TPSA) is 35.0 Å². The fourth-order valence-corrected chi connectivity index (χ4v) is 1.52. The van der Waals surface area contributed by atoms with Crippen molar-refractivity contribution in [3.05, 3.63) is 48.4 Å². The largest absolute Gasteiger partial charge is 0.362 e. The van der Waals surface area contributed by atoms with Crippen LogP contribution in [0.4, 0.5) is 0 Å². The lowest BCUT2D eigenvalue weighted by Crippen LogP contribution is -1.97. The monoisotopic (exact) mass is 238 g/mol. The van der Waals surface area contributed by atoms with Crippen LogP contribution in [-0.2, 0) is 11.3 Å². The maximum atomic E-state index is 5.39. The summed E-state index contributed by atoms with van der Waals surface area (Å²) in [6.45, 7) is 2.68. The molecule has 0 saturated carbocycles. The molecule has 90 valence electrons. The summed E-state index contributed by atoms with van der Waals surface area (Å²) in [7, 11) is 0. The molecule has 0 aliphatic carbocycles. The van der Waals surface area contributed by atoms with Crippen molar-refractivity contribution in [1.29, 1.82) is 0 Å². The predicted molar refractivity (Wildman–Crippen MR) is 70.6 cm³/mol. The first kappa shape index (κ1) is 12.3. The average Bonchev–Trinajstić information content (AvgIpc) is 2.45. The van der Waals surface area contributed by atoms with Crippen LogP contribution in [0, 0.1) is 11.8 Å². The highest BCUT2D eigenvalue weighted by atomic mass is 16.5. The summed E-state index contributed by atoms with van der Waals surface area (Å²) in [6, 6.07) is 12.0. The van der Waals surface area contributed by atoms with E-state index in [-0.39, 0.29) is 0 Å². The molecule has 0 aliphatic rings. The highest BCUT2D eigenvalue weighted by molar-refractivity contribution is 5.58. The minimum absolute atomic E-state index is 0.432. The van der Waals surface area contributed by atoms with E-state index in [1.165, 1.54) is 0 Å². The zero-order chi connectivity index (χ0) is 12.6. The van der Waals surface area contributed by atoms with Crippen molar-refractivity contribution in [2.75, 3.05) is 6.61 Å². The Kier molecular flexibility index (Phi) is 4.46. The Balaban J connectivity index is 2.07. The lowest BCUT2D eigenvalue weighted by Gasteiger charge is -2.03. The van der Waals surface area contributed by atoms with Crippen LogP contribution in [0.1, 0.15) is 12.6 Å². The second-order valence-electron chi connectivity index (χ2n) is 3.68. The molecule has 0 N–H and O–H groups in total. The molecule has 0 aliphatic heterocycles. The third-order valence-electron chi connectivity index (χ3n) is 2.39. The maximum Gasteiger partial charge on any atom is 0.116 e. The zero-order valence-electron chi connectivity index (χ0n) is 10.3. The van der Waals surface area contributed by atoms with Crippen LogP contribution >= 0.6 is 0 Å². The van der Waals surface area contributed by atoms with Gasteiger partial charge in [0.15, 0.2) is 0 Å². The van der Waals surface area contributed by atoms with Gasteiger partial charge in [0.2, 0.25) is 0 Å². The van der Waals surface area contributed by atoms with Gasteiger partial charge in [0.1, 0.15) is 12.9 Å². The summed E-state index contributed by atoms with van der Waals surface area (Å²) < 4.78 is 5.39. The molecule has 0 amide bonds. The Labute approximate surface area is 107 Å². The van der Waals surface area contributed by atoms with E-state index in [1.54, 1.807) is 13.3 Å². The van der Waals surface area contributed by atoms with Crippen molar-refractivity contribution in [2.24, 2.45) is 0 Å². The summed E-state index contributed by atoms with van der Waals surface area (Å²) in [5.74, 6) is 5.63. The van der Waals surface area contributed by atoms with Crippen molar-refractivity contribution >= 4 is 0 Å². The predicted octanol–water partition coefficient (Wildman–Crippen LogP) is 2.68. The molecule has 1 aromatic carbocycles. The molecule has 3 nitrogen and oxygen atoms in total. The van der Waals surface area contributed by atoms with Gasteiger partial charge in [0.05, 0.1) is 18.0 Å². The van der Waals surface area contributed by atoms with E-state index < -0.39 is 0 Å². The average molecular weight is 238 g/mol. The van der Waals surface area contributed by atoms with E-state index in [1.807, 2.05) is 36.4 Å². The maximum absolute atomic E-state index is 5.39. The number of ether oxygens (including phenoxy) is 1. The quantitative estimate of drug-likeness (QED) is 0.606. The second kappa shape index (κ2) is 6.53. The first-order valence-corrected chi connectivity index (χ1v) is 5.74. The second-order valence-corrected chi connectivity index (χ2v) is 3.68. The summed E-state index contributed by atoms with van der Waals surface area (Å²) >= 11 is 0. The van der Waals surface area contributed by atoms with Crippen molar-refractivity contribution < 1.29 is 4.74 Å². The molecule has 0 atom stereocenters. The molecule has 2 rings (SSSR count). The Morgan fingerprint density at radius 1 is 1.17 bits per heavy atom. The van der Waals surface area contributed by atoms with Gasteiger partial charge in [-0.1, -0.05) is 36.3 Å². The molecule has 1 heterocycles. The molecule has 0 bridgehead atoms. The normalized spacial score (nSPS) is 9.61. The molecule has 1 aromatic heterocycles. The molecule has 0 saturated heterocycles. The van der Waals surface area contributed by atoms with Gasteiger partial charge in [-0.3, -0.25) is 0 Å². The van der Waals surface area contributed by atoms with Gasteiger partial charge >= 0.3 is 0 Å². The van der Waals surface area contributed by atoms with Crippen LogP contribution < -0.4 is 0 Å². The SMILES string of the molecule is CC#CCOCc1cc(-c2ccccc2)ncn1. The molecule has 18 heavy (non-hydrogen) atoms. The van der Waals surface area contributed by atoms with Crippen LogP contribution in [-0.4, -0.2) is 16.6 Å². The smallest absolute Gasteiger partial charge is 0.116 e. The van der Waals surface area contributed by atoms with Gasteiger partial charge in [-0.15, -0.1) is 5.92 Å². The number of nitrogens with zero attached hydrogens (tertiary/aromatic N) is 2. The molecule has 2 aromatic rings. The summed E-state index contributed by atoms with van der Waals surface area (Å²) in [5.41, 5.74) is 2.85. The first-order chi connectivity index (χ1) is 8.90. The minimum atomic E-state index is 0.432. The van der Waals surface area contributed by atoms with Gasteiger partial charge in [0.25, 0.3) is 0 Å². The van der Waals surface area contributed by atoms with Gasteiger partial charge in [-0.05, 0) is 13.0 Å². The van der Waals surface area contributed by atoms with Crippen LogP contribution in [0.5, 0.6) is 0 Å². The molecule has 0 unspecified atom stereocenters. The van der Waals surface area contributed by atoms with Crippen molar-refractivity contribution in [1.82, 2.24) is 9.97 Å². The fourth-order valence-electron chi connectivity index (χ4n) is 1.52. The van der Waals surface area contributed by atoms with Crippen LogP contribution in [0.2, 0.25) is 0 Å². The Hall–Kier alpha value is -2.18. The number of aromatic nitrogens is 2. The third kappa shape index (κ3) is 3.41. The Morgan fingerprint density at radius 2 is 2.00 bits per heavy atom. The van der Waals surface area contributed by atoms with Crippen LogP contribution in [0.25, 0.3) is 11.3 Å². The number of rotatable bonds is 4. The number of benzene rings is 1. The highest BCUT2D eigenvalue weighted by Crippen LogP contribution is 2.16. The Bertz CT molecular complexity index is 555. The van der Waals surface area contributed by atoms with E-state index in [2.05, 4.69) is 21.8 Å². The lowest BCUT2D eigenvalue weighted by molar-refractivity contribution is 0.150. The van der Waals surface area contributed by atoms with Gasteiger partial charge in [-0.2, -0.15) is 0 Å². The molecular weight excluding hydrogens is 224 g/mol. The molecule has 0 radical (unpaired) electrons. The molecule has 3 heteroatoms. The van der Waals surface area contributed by atoms with Crippen molar-refractivity contribution in [3.63, 3.8) is 0 Å². The van der Waals surface area contributed by atoms with E-state index in [4.69, 9.17) is 4.74 Å².